The molecule has 0 aliphatic carbocycles. The molecule has 3 N–H and O–H groups in total. The average Bonchev–Trinajstić information content (AvgIpc) is 2.49. The van der Waals surface area contributed by atoms with Crippen LogP contribution in [0, 0.1) is 0 Å². The van der Waals surface area contributed by atoms with Crippen LogP contribution in [0.1, 0.15) is 5.69 Å². The number of ether oxygens (including phenoxy) is 2. The first-order chi connectivity index (χ1) is 7.20. The summed E-state index contributed by atoms with van der Waals surface area (Å²) >= 11 is 0. The quantitative estimate of drug-likeness (QED) is 0.662. The van der Waals surface area contributed by atoms with Gasteiger partial charge in [0.2, 0.25) is 0 Å². The highest BCUT2D eigenvalue weighted by Gasteiger charge is 2.11. The molecular weight excluding hydrogens is 196 g/mol. The number of nitrogens with zero attached hydrogens (tertiary/aromatic N) is 2. The fraction of sp³-hybridized carbons (Fsp3) is 0.667. The first-order valence-electron chi connectivity index (χ1n) is 4.76. The highest BCUT2D eigenvalue weighted by Crippen LogP contribution is 2.21. The van der Waals surface area contributed by atoms with E-state index < -0.39 is 0 Å². The second-order valence-electron chi connectivity index (χ2n) is 3.13. The molecule has 0 radical (unpaired) electrons. The fourth-order valence-corrected chi connectivity index (χ4v) is 1.31. The van der Waals surface area contributed by atoms with Crippen molar-refractivity contribution < 1.29 is 9.47 Å². The lowest BCUT2D eigenvalue weighted by Gasteiger charge is -2.02. The van der Waals surface area contributed by atoms with Gasteiger partial charge in [0.25, 0.3) is 0 Å². The van der Waals surface area contributed by atoms with E-state index in [1.165, 1.54) is 0 Å². The predicted molar refractivity (Wildman–Crippen MR) is 58.7 cm³/mol. The second-order valence-corrected chi connectivity index (χ2v) is 3.13. The van der Waals surface area contributed by atoms with Crippen LogP contribution < -0.4 is 11.1 Å². The number of rotatable bonds is 6. The van der Waals surface area contributed by atoms with Gasteiger partial charge in [0.1, 0.15) is 17.2 Å². The number of methoxy groups -OCH3 is 1. The molecule has 0 unspecified atom stereocenters. The standard InChI is InChI=1S/C9H18N4O2/c1-11-9-8(10)7(12-13(9)2)6-15-5-4-14-3/h11H,4-6,10H2,1-3H3. The minimum absolute atomic E-state index is 0.407. The Morgan fingerprint density at radius 2 is 2.20 bits per heavy atom. The topological polar surface area (TPSA) is 74.3 Å². The molecule has 0 aromatic carbocycles. The molecule has 0 aliphatic rings. The number of aryl methyl sites for hydroxylation is 1. The maximum Gasteiger partial charge on any atom is 0.147 e. The molecule has 0 bridgehead atoms. The Balaban J connectivity index is 2.54. The van der Waals surface area contributed by atoms with Gasteiger partial charge >= 0.3 is 0 Å². The van der Waals surface area contributed by atoms with Crippen LogP contribution in [0.3, 0.4) is 0 Å². The minimum atomic E-state index is 0.407. The first-order valence-corrected chi connectivity index (χ1v) is 4.76. The molecule has 0 saturated carbocycles. The molecule has 0 fully saturated rings. The Kier molecular flexibility index (Phi) is 4.38. The zero-order valence-corrected chi connectivity index (χ0v) is 9.41. The van der Waals surface area contributed by atoms with E-state index in [0.29, 0.717) is 25.5 Å². The third kappa shape index (κ3) is 2.84. The maximum absolute atomic E-state index is 5.87. The molecule has 6 nitrogen and oxygen atoms in total. The van der Waals surface area contributed by atoms with Crippen molar-refractivity contribution in [2.45, 2.75) is 6.61 Å². The number of nitrogens with one attached hydrogen (secondary N) is 1. The lowest BCUT2D eigenvalue weighted by Crippen LogP contribution is -2.03. The Bertz CT molecular complexity index is 311. The van der Waals surface area contributed by atoms with E-state index in [9.17, 15) is 0 Å². The SMILES string of the molecule is CNc1c(N)c(COCCOC)nn1C. The van der Waals surface area contributed by atoms with Gasteiger partial charge < -0.3 is 20.5 Å². The van der Waals surface area contributed by atoms with E-state index in [1.807, 2.05) is 14.1 Å². The van der Waals surface area contributed by atoms with Crippen LogP contribution in [0.5, 0.6) is 0 Å². The van der Waals surface area contributed by atoms with Crippen molar-refractivity contribution in [1.82, 2.24) is 9.78 Å². The Morgan fingerprint density at radius 3 is 2.73 bits per heavy atom. The molecule has 86 valence electrons. The molecule has 6 heteroatoms. The van der Waals surface area contributed by atoms with Crippen molar-refractivity contribution in [1.29, 1.82) is 0 Å². The molecule has 0 aliphatic heterocycles. The van der Waals surface area contributed by atoms with Crippen LogP contribution in [-0.2, 0) is 23.1 Å². The van der Waals surface area contributed by atoms with Gasteiger partial charge in [-0.2, -0.15) is 5.10 Å². The lowest BCUT2D eigenvalue weighted by molar-refractivity contribution is 0.0602. The summed E-state index contributed by atoms with van der Waals surface area (Å²) < 4.78 is 11.9. The summed E-state index contributed by atoms with van der Waals surface area (Å²) in [6.45, 7) is 1.53. The molecule has 1 rings (SSSR count). The molecular formula is C9H18N4O2. The first kappa shape index (κ1) is 11.8. The van der Waals surface area contributed by atoms with Gasteiger partial charge in [-0.05, 0) is 0 Å². The van der Waals surface area contributed by atoms with E-state index >= 15 is 0 Å². The van der Waals surface area contributed by atoms with Gasteiger partial charge in [0, 0.05) is 21.2 Å². The number of aromatic nitrogens is 2. The van der Waals surface area contributed by atoms with E-state index in [1.54, 1.807) is 11.8 Å². The van der Waals surface area contributed by atoms with Crippen LogP contribution in [0.4, 0.5) is 11.5 Å². The van der Waals surface area contributed by atoms with Gasteiger partial charge in [-0.25, -0.2) is 0 Å². The molecule has 0 atom stereocenters. The molecule has 1 aromatic rings. The number of nitrogens with two attached hydrogens (primary N) is 1. The summed E-state index contributed by atoms with van der Waals surface area (Å²) in [5, 5.41) is 7.22. The minimum Gasteiger partial charge on any atom is -0.394 e. The van der Waals surface area contributed by atoms with Crippen molar-refractivity contribution in [2.75, 3.05) is 38.4 Å². The highest BCUT2D eigenvalue weighted by atomic mass is 16.5. The summed E-state index contributed by atoms with van der Waals surface area (Å²) in [5.74, 6) is 0.806. The Morgan fingerprint density at radius 1 is 1.47 bits per heavy atom. The smallest absolute Gasteiger partial charge is 0.147 e. The van der Waals surface area contributed by atoms with Crippen LogP contribution in [-0.4, -0.2) is 37.2 Å². The van der Waals surface area contributed by atoms with Crippen molar-refractivity contribution in [3.8, 4) is 0 Å². The summed E-state index contributed by atoms with van der Waals surface area (Å²) in [6, 6.07) is 0. The molecule has 1 aromatic heterocycles. The van der Waals surface area contributed by atoms with Gasteiger partial charge in [-0.3, -0.25) is 4.68 Å². The third-order valence-electron chi connectivity index (χ3n) is 2.07. The van der Waals surface area contributed by atoms with E-state index in [0.717, 1.165) is 11.5 Å². The largest absolute Gasteiger partial charge is 0.394 e. The molecule has 0 saturated heterocycles. The van der Waals surface area contributed by atoms with Crippen molar-refractivity contribution in [3.05, 3.63) is 5.69 Å². The average molecular weight is 214 g/mol. The van der Waals surface area contributed by atoms with Gasteiger partial charge in [0.05, 0.1) is 19.8 Å². The summed E-state index contributed by atoms with van der Waals surface area (Å²) in [5.41, 5.74) is 7.26. The van der Waals surface area contributed by atoms with E-state index in [4.69, 9.17) is 15.2 Å². The Hall–Kier alpha value is -1.27. The van der Waals surface area contributed by atoms with Crippen LogP contribution in [0.2, 0.25) is 0 Å². The summed E-state index contributed by atoms with van der Waals surface area (Å²) in [6.07, 6.45) is 0. The number of anilines is 2. The zero-order valence-electron chi connectivity index (χ0n) is 9.41. The van der Waals surface area contributed by atoms with Gasteiger partial charge in [-0.1, -0.05) is 0 Å². The summed E-state index contributed by atoms with van der Waals surface area (Å²) in [4.78, 5) is 0. The zero-order chi connectivity index (χ0) is 11.3. The van der Waals surface area contributed by atoms with Crippen LogP contribution in [0.25, 0.3) is 0 Å². The maximum atomic E-state index is 5.87. The number of hydrogen-bond donors (Lipinski definition) is 2. The fourth-order valence-electron chi connectivity index (χ4n) is 1.31. The highest BCUT2D eigenvalue weighted by molar-refractivity contribution is 5.64. The molecule has 0 spiro atoms. The van der Waals surface area contributed by atoms with Crippen LogP contribution in [0.15, 0.2) is 0 Å². The third-order valence-corrected chi connectivity index (χ3v) is 2.07. The van der Waals surface area contributed by atoms with Gasteiger partial charge in [0.15, 0.2) is 0 Å². The van der Waals surface area contributed by atoms with Crippen LogP contribution >= 0.6 is 0 Å². The lowest BCUT2D eigenvalue weighted by atomic mass is 10.4. The van der Waals surface area contributed by atoms with E-state index in [-0.39, 0.29) is 0 Å². The molecule has 0 amide bonds. The van der Waals surface area contributed by atoms with E-state index in [2.05, 4.69) is 10.4 Å². The van der Waals surface area contributed by atoms with Crippen molar-refractivity contribution in [2.24, 2.45) is 7.05 Å². The Labute approximate surface area is 89.3 Å². The van der Waals surface area contributed by atoms with Crippen molar-refractivity contribution in [3.63, 3.8) is 0 Å². The van der Waals surface area contributed by atoms with Crippen molar-refractivity contribution >= 4 is 11.5 Å². The number of hydrogen-bond acceptors (Lipinski definition) is 5. The monoisotopic (exact) mass is 214 g/mol. The summed E-state index contributed by atoms with van der Waals surface area (Å²) in [7, 11) is 5.28. The molecule has 15 heavy (non-hydrogen) atoms. The normalized spacial score (nSPS) is 10.6. The molecule has 1 heterocycles. The van der Waals surface area contributed by atoms with Gasteiger partial charge in [-0.15, -0.1) is 0 Å². The number of nitrogen functional groups attached to an aromatic ring is 1. The predicted octanol–water partition coefficient (Wildman–Crippen LogP) is 0.207. The second kappa shape index (κ2) is 5.57.